The van der Waals surface area contributed by atoms with Crippen molar-refractivity contribution in [1.29, 1.82) is 0 Å². The fraction of sp³-hybridized carbons (Fsp3) is 0.207. The van der Waals surface area contributed by atoms with Crippen LogP contribution in [0.3, 0.4) is 0 Å². The quantitative estimate of drug-likeness (QED) is 0.352. The Morgan fingerprint density at radius 2 is 1.53 bits per heavy atom. The zero-order valence-electron chi connectivity index (χ0n) is 21.2. The second-order valence-electron chi connectivity index (χ2n) is 9.62. The van der Waals surface area contributed by atoms with Crippen LogP contribution in [0.5, 0.6) is 0 Å². The molecule has 4 heterocycles. The van der Waals surface area contributed by atoms with Gasteiger partial charge in [-0.3, -0.25) is 4.79 Å². The second-order valence-corrected chi connectivity index (χ2v) is 9.62. The van der Waals surface area contributed by atoms with Crippen LogP contribution in [0.25, 0.3) is 5.69 Å². The van der Waals surface area contributed by atoms with E-state index in [9.17, 15) is 4.79 Å². The molecule has 0 bridgehead atoms. The van der Waals surface area contributed by atoms with Gasteiger partial charge in [0.05, 0.1) is 28.3 Å². The summed E-state index contributed by atoms with van der Waals surface area (Å²) in [6.45, 7) is 4.69. The standard InChI is InChI=1S/C29H26N8O/c1-3-4-19-34-24-18-12-11-17-23(24)29(27(34)38)25-20(2)31-35(21-13-7-5-8-14-21)26(25)30-28-36(32-33-37(28)29)22-15-9-6-10-16-22/h5-18H,3-4,19H2,1-2H3. The molecule has 1 spiro atoms. The molecule has 188 valence electrons. The van der Waals surface area contributed by atoms with Gasteiger partial charge in [0, 0.05) is 12.1 Å². The molecule has 1 atom stereocenters. The maximum absolute atomic E-state index is 14.8. The Morgan fingerprint density at radius 3 is 2.26 bits per heavy atom. The lowest BCUT2D eigenvalue weighted by molar-refractivity contribution is -0.125. The Morgan fingerprint density at radius 1 is 0.842 bits per heavy atom. The van der Waals surface area contributed by atoms with Crippen LogP contribution in [0.1, 0.15) is 36.6 Å². The fourth-order valence-corrected chi connectivity index (χ4v) is 5.71. The molecular weight excluding hydrogens is 476 g/mol. The molecular formula is C29H26N8O. The smallest absolute Gasteiger partial charge is 0.264 e. The van der Waals surface area contributed by atoms with E-state index in [1.165, 1.54) is 0 Å². The maximum Gasteiger partial charge on any atom is 0.264 e. The minimum atomic E-state index is -1.28. The summed E-state index contributed by atoms with van der Waals surface area (Å²) < 4.78 is 1.82. The summed E-state index contributed by atoms with van der Waals surface area (Å²) >= 11 is 0. The van der Waals surface area contributed by atoms with E-state index in [0.29, 0.717) is 18.3 Å². The number of benzene rings is 3. The number of aryl methyl sites for hydroxylation is 1. The average molecular weight is 503 g/mol. The third-order valence-corrected chi connectivity index (χ3v) is 7.40. The SMILES string of the molecule is CCCCN1C(=O)C2(c3ccccc31)c1c(C)nn(-c3ccccc3)c1N=C1N(c3ccccc3)N=NN12. The predicted molar refractivity (Wildman–Crippen MR) is 145 cm³/mol. The van der Waals surface area contributed by atoms with Crippen molar-refractivity contribution in [3.05, 3.63) is 102 Å². The van der Waals surface area contributed by atoms with Gasteiger partial charge in [-0.15, -0.1) is 0 Å². The molecule has 1 aromatic heterocycles. The molecule has 1 unspecified atom stereocenters. The summed E-state index contributed by atoms with van der Waals surface area (Å²) in [6, 6.07) is 27.6. The number of para-hydroxylation sites is 3. The number of fused-ring (bicyclic) bond motifs is 6. The zero-order valence-corrected chi connectivity index (χ0v) is 21.2. The highest BCUT2D eigenvalue weighted by molar-refractivity contribution is 6.15. The van der Waals surface area contributed by atoms with Gasteiger partial charge in [0.15, 0.2) is 5.82 Å². The molecule has 3 aliphatic heterocycles. The number of unbranched alkanes of at least 4 members (excludes halogenated alkanes) is 1. The van der Waals surface area contributed by atoms with Crippen LogP contribution in [0, 0.1) is 6.92 Å². The van der Waals surface area contributed by atoms with Crippen molar-refractivity contribution < 1.29 is 4.79 Å². The third kappa shape index (κ3) is 2.89. The van der Waals surface area contributed by atoms with Gasteiger partial charge in [0.2, 0.25) is 5.54 Å². The van der Waals surface area contributed by atoms with Crippen LogP contribution in [-0.4, -0.2) is 33.2 Å². The molecule has 0 N–H and O–H groups in total. The molecule has 0 fully saturated rings. The monoisotopic (exact) mass is 502 g/mol. The van der Waals surface area contributed by atoms with Crippen molar-refractivity contribution in [2.75, 3.05) is 16.5 Å². The fourth-order valence-electron chi connectivity index (χ4n) is 5.71. The number of nitrogens with zero attached hydrogens (tertiary/aromatic N) is 8. The summed E-state index contributed by atoms with van der Waals surface area (Å²) in [4.78, 5) is 21.7. The lowest BCUT2D eigenvalue weighted by atomic mass is 9.82. The van der Waals surface area contributed by atoms with Gasteiger partial charge in [0.25, 0.3) is 11.9 Å². The van der Waals surface area contributed by atoms with Crippen molar-refractivity contribution in [3.63, 3.8) is 0 Å². The number of rotatable bonds is 5. The molecule has 9 heteroatoms. The highest BCUT2D eigenvalue weighted by Gasteiger charge is 2.64. The minimum Gasteiger partial charge on any atom is -0.309 e. The lowest BCUT2D eigenvalue weighted by Crippen LogP contribution is -2.56. The number of amides is 1. The van der Waals surface area contributed by atoms with Crippen LogP contribution >= 0.6 is 0 Å². The second kappa shape index (κ2) is 8.37. The number of carbonyl (C=O) groups is 1. The van der Waals surface area contributed by atoms with E-state index in [-0.39, 0.29) is 5.91 Å². The summed E-state index contributed by atoms with van der Waals surface area (Å²) in [6.07, 6.45) is 1.87. The van der Waals surface area contributed by atoms with Gasteiger partial charge in [-0.2, -0.15) is 20.1 Å². The first-order chi connectivity index (χ1) is 18.7. The van der Waals surface area contributed by atoms with Crippen molar-refractivity contribution >= 4 is 29.1 Å². The van der Waals surface area contributed by atoms with E-state index in [1.54, 1.807) is 10.0 Å². The lowest BCUT2D eigenvalue weighted by Gasteiger charge is -2.38. The van der Waals surface area contributed by atoms with Crippen LogP contribution in [0.4, 0.5) is 17.2 Å². The molecule has 0 saturated heterocycles. The highest BCUT2D eigenvalue weighted by atomic mass is 16.2. The molecule has 38 heavy (non-hydrogen) atoms. The number of aromatic nitrogens is 2. The Labute approximate surface area is 220 Å². The van der Waals surface area contributed by atoms with Crippen LogP contribution in [-0.2, 0) is 10.3 Å². The number of hydrogen-bond acceptors (Lipinski definition) is 7. The predicted octanol–water partition coefficient (Wildman–Crippen LogP) is 5.68. The van der Waals surface area contributed by atoms with E-state index in [4.69, 9.17) is 10.1 Å². The number of hydrogen-bond donors (Lipinski definition) is 0. The molecule has 3 aliphatic rings. The van der Waals surface area contributed by atoms with Gasteiger partial charge in [-0.1, -0.05) is 67.9 Å². The van der Waals surface area contributed by atoms with Gasteiger partial charge in [0.1, 0.15) is 0 Å². The molecule has 3 aromatic carbocycles. The van der Waals surface area contributed by atoms with E-state index in [0.717, 1.165) is 46.7 Å². The van der Waals surface area contributed by atoms with E-state index >= 15 is 0 Å². The molecule has 4 aromatic rings. The summed E-state index contributed by atoms with van der Waals surface area (Å²) in [5.74, 6) is 1.00. The highest BCUT2D eigenvalue weighted by Crippen LogP contribution is 2.55. The van der Waals surface area contributed by atoms with Gasteiger partial charge >= 0.3 is 0 Å². The maximum atomic E-state index is 14.8. The van der Waals surface area contributed by atoms with Crippen LogP contribution in [0.15, 0.2) is 100 Å². The van der Waals surface area contributed by atoms with E-state index < -0.39 is 5.54 Å². The number of aliphatic imine (C=N–C) groups is 1. The van der Waals surface area contributed by atoms with Crippen molar-refractivity contribution in [2.24, 2.45) is 15.4 Å². The first-order valence-corrected chi connectivity index (χ1v) is 12.9. The minimum absolute atomic E-state index is 0.0645. The number of guanidine groups is 1. The summed E-state index contributed by atoms with van der Waals surface area (Å²) in [7, 11) is 0. The molecule has 1 amide bonds. The molecule has 9 nitrogen and oxygen atoms in total. The average Bonchev–Trinajstić information content (AvgIpc) is 3.61. The summed E-state index contributed by atoms with van der Waals surface area (Å²) in [5.41, 5.74) is 3.60. The molecule has 0 aliphatic carbocycles. The van der Waals surface area contributed by atoms with E-state index in [1.807, 2.05) is 101 Å². The molecule has 0 radical (unpaired) electrons. The Hall–Kier alpha value is -4.79. The van der Waals surface area contributed by atoms with Crippen molar-refractivity contribution in [1.82, 2.24) is 14.8 Å². The topological polar surface area (TPSA) is 81.7 Å². The first kappa shape index (κ1) is 22.4. The van der Waals surface area contributed by atoms with Crippen LogP contribution in [0.2, 0.25) is 0 Å². The molecule has 7 rings (SSSR count). The molecule has 0 saturated carbocycles. The normalized spacial score (nSPS) is 19.2. The van der Waals surface area contributed by atoms with Gasteiger partial charge in [-0.25, -0.2) is 4.68 Å². The Kier molecular flexibility index (Phi) is 4.94. The first-order valence-electron chi connectivity index (χ1n) is 12.9. The van der Waals surface area contributed by atoms with Crippen LogP contribution < -0.4 is 9.91 Å². The van der Waals surface area contributed by atoms with Crippen molar-refractivity contribution in [2.45, 2.75) is 32.2 Å². The Balaban J connectivity index is 1.53. The van der Waals surface area contributed by atoms with Crippen molar-refractivity contribution in [3.8, 4) is 5.69 Å². The zero-order chi connectivity index (χ0) is 25.9. The third-order valence-electron chi connectivity index (χ3n) is 7.40. The van der Waals surface area contributed by atoms with Gasteiger partial charge < -0.3 is 4.90 Å². The largest absolute Gasteiger partial charge is 0.309 e. The van der Waals surface area contributed by atoms with E-state index in [2.05, 4.69) is 17.4 Å². The Bertz CT molecular complexity index is 1610. The van der Waals surface area contributed by atoms with Gasteiger partial charge in [-0.05, 0) is 54.1 Å². The summed E-state index contributed by atoms with van der Waals surface area (Å²) in [5, 5.41) is 17.4. The number of carbonyl (C=O) groups excluding carboxylic acids is 1. The number of anilines is 2.